The molecule has 0 aliphatic carbocycles. The molecule has 32 heavy (non-hydrogen) atoms. The number of amides is 1. The summed E-state index contributed by atoms with van der Waals surface area (Å²) in [6.07, 6.45) is 0.886. The van der Waals surface area contributed by atoms with Crippen molar-refractivity contribution >= 4 is 22.4 Å². The van der Waals surface area contributed by atoms with Gasteiger partial charge in [0.15, 0.2) is 0 Å². The van der Waals surface area contributed by atoms with E-state index in [2.05, 4.69) is 15.1 Å². The van der Waals surface area contributed by atoms with E-state index in [4.69, 9.17) is 4.74 Å². The van der Waals surface area contributed by atoms with Gasteiger partial charge in [-0.3, -0.25) is 9.69 Å². The van der Waals surface area contributed by atoms with Crippen LogP contribution in [0.5, 0.6) is 5.75 Å². The summed E-state index contributed by atoms with van der Waals surface area (Å²) < 4.78 is 18.9. The van der Waals surface area contributed by atoms with Crippen LogP contribution in [0.15, 0.2) is 60.7 Å². The van der Waals surface area contributed by atoms with Gasteiger partial charge in [0.05, 0.1) is 12.2 Å². The van der Waals surface area contributed by atoms with Gasteiger partial charge in [0.2, 0.25) is 0 Å². The lowest BCUT2D eigenvalue weighted by atomic mass is 10.0. The van der Waals surface area contributed by atoms with Crippen molar-refractivity contribution < 1.29 is 13.9 Å². The van der Waals surface area contributed by atoms with E-state index < -0.39 is 0 Å². The van der Waals surface area contributed by atoms with Gasteiger partial charge in [0, 0.05) is 38.4 Å². The number of hydrogen-bond acceptors (Lipinski definition) is 4. The lowest BCUT2D eigenvalue weighted by molar-refractivity contribution is 0.0949. The van der Waals surface area contributed by atoms with Gasteiger partial charge in [-0.25, -0.2) is 4.39 Å². The molecule has 0 spiro atoms. The molecule has 168 valence electrons. The molecular weight excluding hydrogens is 405 g/mol. The largest absolute Gasteiger partial charge is 0.493 e. The van der Waals surface area contributed by atoms with E-state index in [0.717, 1.165) is 55.6 Å². The monoisotopic (exact) mass is 435 g/mol. The third-order valence-electron chi connectivity index (χ3n) is 5.92. The Morgan fingerprint density at radius 3 is 2.50 bits per heavy atom. The molecule has 1 N–H and O–H groups in total. The fraction of sp³-hybridized carbons (Fsp3) is 0.346. The smallest absolute Gasteiger partial charge is 0.255 e. The van der Waals surface area contributed by atoms with Crippen molar-refractivity contribution in [3.8, 4) is 5.75 Å². The van der Waals surface area contributed by atoms with Crippen molar-refractivity contribution in [3.63, 3.8) is 0 Å². The maximum atomic E-state index is 13.1. The normalized spacial score (nSPS) is 14.5. The first-order chi connectivity index (χ1) is 15.7. The summed E-state index contributed by atoms with van der Waals surface area (Å²) >= 11 is 0. The molecule has 1 heterocycles. The number of halogens is 1. The van der Waals surface area contributed by atoms with Crippen LogP contribution in [-0.4, -0.2) is 56.7 Å². The van der Waals surface area contributed by atoms with Crippen LogP contribution in [0.2, 0.25) is 0 Å². The van der Waals surface area contributed by atoms with Gasteiger partial charge in [-0.15, -0.1) is 0 Å². The summed E-state index contributed by atoms with van der Waals surface area (Å²) in [5.74, 6) is 0.332. The molecule has 0 atom stereocenters. The second kappa shape index (κ2) is 10.5. The van der Waals surface area contributed by atoms with Crippen LogP contribution >= 0.6 is 0 Å². The maximum Gasteiger partial charge on any atom is 0.255 e. The number of anilines is 1. The van der Waals surface area contributed by atoms with Crippen molar-refractivity contribution in [1.82, 2.24) is 10.2 Å². The third kappa shape index (κ3) is 5.19. The van der Waals surface area contributed by atoms with Crippen molar-refractivity contribution in [2.45, 2.75) is 13.3 Å². The molecule has 1 aliphatic heterocycles. The Morgan fingerprint density at radius 2 is 1.75 bits per heavy atom. The number of rotatable bonds is 8. The molecule has 0 aromatic heterocycles. The van der Waals surface area contributed by atoms with Crippen LogP contribution in [0.25, 0.3) is 10.8 Å². The summed E-state index contributed by atoms with van der Waals surface area (Å²) in [5, 5.41) is 5.02. The van der Waals surface area contributed by atoms with Crippen LogP contribution in [0.4, 0.5) is 10.1 Å². The highest BCUT2D eigenvalue weighted by atomic mass is 19.1. The van der Waals surface area contributed by atoms with Crippen molar-refractivity contribution in [3.05, 3.63) is 72.0 Å². The highest BCUT2D eigenvalue weighted by Crippen LogP contribution is 2.28. The van der Waals surface area contributed by atoms with Gasteiger partial charge >= 0.3 is 0 Å². The molecule has 5 nitrogen and oxygen atoms in total. The third-order valence-corrected chi connectivity index (χ3v) is 5.92. The van der Waals surface area contributed by atoms with Crippen molar-refractivity contribution in [2.24, 2.45) is 0 Å². The van der Waals surface area contributed by atoms with Gasteiger partial charge in [-0.1, -0.05) is 30.3 Å². The summed E-state index contributed by atoms with van der Waals surface area (Å²) in [6.45, 7) is 7.76. The maximum absolute atomic E-state index is 13.1. The lowest BCUT2D eigenvalue weighted by Gasteiger charge is -2.36. The standard InChI is InChI=1S/C26H30FN3O2/c1-2-32-24-13-8-20-6-3-4-7-23(20)25(24)26(31)28-14-5-15-29-16-18-30(19-17-29)22-11-9-21(27)10-12-22/h3-4,6-13H,2,5,14-19H2,1H3,(H,28,31). The lowest BCUT2D eigenvalue weighted by Crippen LogP contribution is -2.47. The zero-order valence-corrected chi connectivity index (χ0v) is 18.5. The summed E-state index contributed by atoms with van der Waals surface area (Å²) in [4.78, 5) is 17.7. The second-order valence-electron chi connectivity index (χ2n) is 8.01. The highest BCUT2D eigenvalue weighted by Gasteiger charge is 2.18. The Balaban J connectivity index is 1.27. The second-order valence-corrected chi connectivity index (χ2v) is 8.01. The van der Waals surface area contributed by atoms with E-state index in [9.17, 15) is 9.18 Å². The number of piperazine rings is 1. The Hall–Kier alpha value is -3.12. The predicted molar refractivity (Wildman–Crippen MR) is 127 cm³/mol. The number of ether oxygens (including phenoxy) is 1. The number of nitrogens with one attached hydrogen (secondary N) is 1. The molecule has 3 aromatic carbocycles. The first-order valence-electron chi connectivity index (χ1n) is 11.3. The topological polar surface area (TPSA) is 44.8 Å². The van der Waals surface area contributed by atoms with E-state index in [1.807, 2.05) is 55.5 Å². The minimum absolute atomic E-state index is 0.0913. The molecular formula is C26H30FN3O2. The number of carbonyl (C=O) groups excluding carboxylic acids is 1. The van der Waals surface area contributed by atoms with Gasteiger partial charge in [0.1, 0.15) is 11.6 Å². The molecule has 3 aromatic rings. The van der Waals surface area contributed by atoms with Gasteiger partial charge in [-0.2, -0.15) is 0 Å². The van der Waals surface area contributed by atoms with E-state index in [1.165, 1.54) is 12.1 Å². The Kier molecular flexibility index (Phi) is 7.22. The van der Waals surface area contributed by atoms with Crippen LogP contribution in [-0.2, 0) is 0 Å². The number of benzene rings is 3. The molecule has 1 fully saturated rings. The molecule has 0 bridgehead atoms. The number of nitrogens with zero attached hydrogens (tertiary/aromatic N) is 2. The number of carbonyl (C=O) groups is 1. The predicted octanol–water partition coefficient (Wildman–Crippen LogP) is 4.32. The Bertz CT molecular complexity index is 1050. The first kappa shape index (κ1) is 22.1. The molecule has 4 rings (SSSR count). The molecule has 1 aliphatic rings. The van der Waals surface area contributed by atoms with E-state index >= 15 is 0 Å². The summed E-state index contributed by atoms with van der Waals surface area (Å²) in [5.41, 5.74) is 1.68. The zero-order valence-electron chi connectivity index (χ0n) is 18.5. The number of hydrogen-bond donors (Lipinski definition) is 1. The van der Waals surface area contributed by atoms with E-state index in [-0.39, 0.29) is 11.7 Å². The van der Waals surface area contributed by atoms with Crippen LogP contribution in [0.3, 0.4) is 0 Å². The first-order valence-corrected chi connectivity index (χ1v) is 11.3. The Morgan fingerprint density at radius 1 is 1.00 bits per heavy atom. The van der Waals surface area contributed by atoms with Crippen LogP contribution in [0, 0.1) is 5.82 Å². The van der Waals surface area contributed by atoms with Crippen molar-refractivity contribution in [1.29, 1.82) is 0 Å². The highest BCUT2D eigenvalue weighted by molar-refractivity contribution is 6.09. The summed E-state index contributed by atoms with van der Waals surface area (Å²) in [7, 11) is 0. The molecule has 0 radical (unpaired) electrons. The van der Waals surface area contributed by atoms with Crippen LogP contribution < -0.4 is 15.0 Å². The fourth-order valence-corrected chi connectivity index (χ4v) is 4.24. The Labute approximate surface area is 188 Å². The average Bonchev–Trinajstić information content (AvgIpc) is 2.83. The van der Waals surface area contributed by atoms with E-state index in [1.54, 1.807) is 0 Å². The molecule has 6 heteroatoms. The molecule has 0 unspecified atom stereocenters. The molecule has 0 saturated carbocycles. The van der Waals surface area contributed by atoms with Gasteiger partial charge in [-0.05, 0) is 61.0 Å². The van der Waals surface area contributed by atoms with Crippen LogP contribution in [0.1, 0.15) is 23.7 Å². The van der Waals surface area contributed by atoms with Gasteiger partial charge < -0.3 is 15.0 Å². The molecule has 1 amide bonds. The molecule has 1 saturated heterocycles. The van der Waals surface area contributed by atoms with Crippen molar-refractivity contribution in [2.75, 3.05) is 50.8 Å². The van der Waals surface area contributed by atoms with Gasteiger partial charge in [0.25, 0.3) is 5.91 Å². The average molecular weight is 436 g/mol. The number of fused-ring (bicyclic) bond motifs is 1. The SMILES string of the molecule is CCOc1ccc2ccccc2c1C(=O)NCCCN1CCN(c2ccc(F)cc2)CC1. The quantitative estimate of drug-likeness (QED) is 0.536. The summed E-state index contributed by atoms with van der Waals surface area (Å²) in [6, 6.07) is 18.5. The zero-order chi connectivity index (χ0) is 22.3. The minimum Gasteiger partial charge on any atom is -0.493 e. The minimum atomic E-state index is -0.202. The van der Waals surface area contributed by atoms with E-state index in [0.29, 0.717) is 24.5 Å². The fourth-order valence-electron chi connectivity index (χ4n) is 4.24.